The Hall–Kier alpha value is -2.78. The van der Waals surface area contributed by atoms with Crippen molar-refractivity contribution in [2.75, 3.05) is 0 Å². The molecule has 0 saturated carbocycles. The number of aliphatic hydroxyl groups excluding tert-OH is 1. The summed E-state index contributed by atoms with van der Waals surface area (Å²) >= 11 is 0. The van der Waals surface area contributed by atoms with Crippen LogP contribution in [0.25, 0.3) is 5.57 Å². The van der Waals surface area contributed by atoms with Gasteiger partial charge in [-0.3, -0.25) is 9.59 Å². The van der Waals surface area contributed by atoms with Gasteiger partial charge in [0.1, 0.15) is 0 Å². The van der Waals surface area contributed by atoms with Crippen molar-refractivity contribution in [3.8, 4) is 0 Å². The number of hydrogen-bond acceptors (Lipinski definition) is 3. The maximum absolute atomic E-state index is 12.2. The van der Waals surface area contributed by atoms with E-state index >= 15 is 0 Å². The van der Waals surface area contributed by atoms with Gasteiger partial charge >= 0.3 is 0 Å². The number of rotatable bonds is 2. The Morgan fingerprint density at radius 1 is 0.833 bits per heavy atom. The van der Waals surface area contributed by atoms with Crippen molar-refractivity contribution in [3.05, 3.63) is 88.1 Å². The number of aliphatic hydroxyl groups is 1. The SMILES string of the molecule is CC1=CC(=C2C=CC(=O)C(c3ccc(CO)cc3)=C2)C=C(C)C1=O. The summed E-state index contributed by atoms with van der Waals surface area (Å²) < 4.78 is 0. The van der Waals surface area contributed by atoms with Crippen LogP contribution in [-0.2, 0) is 16.2 Å². The van der Waals surface area contributed by atoms with Gasteiger partial charge in [0.15, 0.2) is 11.6 Å². The lowest BCUT2D eigenvalue weighted by molar-refractivity contribution is -0.112. The molecule has 0 aromatic heterocycles. The normalized spacial score (nSPS) is 17.7. The van der Waals surface area contributed by atoms with Crippen molar-refractivity contribution < 1.29 is 14.7 Å². The molecule has 0 bridgehead atoms. The Bertz CT molecular complexity index is 848. The first kappa shape index (κ1) is 16.1. The lowest BCUT2D eigenvalue weighted by atomic mass is 9.88. The lowest BCUT2D eigenvalue weighted by Crippen LogP contribution is -2.08. The highest BCUT2D eigenvalue weighted by molar-refractivity contribution is 6.27. The van der Waals surface area contributed by atoms with Gasteiger partial charge in [0.05, 0.1) is 6.61 Å². The standard InChI is InChI=1S/C21H18O3/c1-13-9-18(10-14(2)21(13)24)17-7-8-20(23)19(11-17)16-5-3-15(12-22)4-6-16/h3-11,22H,12H2,1-2H3. The van der Waals surface area contributed by atoms with Gasteiger partial charge in [0, 0.05) is 5.57 Å². The van der Waals surface area contributed by atoms with Crippen LogP contribution in [0.1, 0.15) is 25.0 Å². The lowest BCUT2D eigenvalue weighted by Gasteiger charge is -2.15. The highest BCUT2D eigenvalue weighted by Gasteiger charge is 2.18. The number of carbonyl (C=O) groups is 2. The Morgan fingerprint density at radius 2 is 1.46 bits per heavy atom. The predicted octanol–water partition coefficient (Wildman–Crippen LogP) is 3.47. The molecule has 0 fully saturated rings. The molecule has 0 heterocycles. The smallest absolute Gasteiger partial charge is 0.186 e. The molecule has 120 valence electrons. The van der Waals surface area contributed by atoms with E-state index < -0.39 is 0 Å². The minimum Gasteiger partial charge on any atom is -0.392 e. The summed E-state index contributed by atoms with van der Waals surface area (Å²) in [4.78, 5) is 24.1. The molecule has 1 aromatic carbocycles. The highest BCUT2D eigenvalue weighted by atomic mass is 16.3. The molecule has 2 aliphatic rings. The van der Waals surface area contributed by atoms with Crippen LogP contribution in [0.2, 0.25) is 0 Å². The molecule has 2 aliphatic carbocycles. The first-order valence-corrected chi connectivity index (χ1v) is 7.79. The number of allylic oxidation sites excluding steroid dienone is 10. The van der Waals surface area contributed by atoms with E-state index in [0.717, 1.165) is 22.3 Å². The first-order valence-electron chi connectivity index (χ1n) is 7.79. The van der Waals surface area contributed by atoms with E-state index in [9.17, 15) is 9.59 Å². The molecule has 0 saturated heterocycles. The van der Waals surface area contributed by atoms with Crippen LogP contribution in [0.3, 0.4) is 0 Å². The van der Waals surface area contributed by atoms with Crippen molar-refractivity contribution in [1.29, 1.82) is 0 Å². The fourth-order valence-electron chi connectivity index (χ4n) is 2.84. The topological polar surface area (TPSA) is 54.4 Å². The summed E-state index contributed by atoms with van der Waals surface area (Å²) in [6, 6.07) is 7.29. The largest absolute Gasteiger partial charge is 0.392 e. The zero-order valence-corrected chi connectivity index (χ0v) is 13.7. The van der Waals surface area contributed by atoms with Crippen molar-refractivity contribution in [3.63, 3.8) is 0 Å². The van der Waals surface area contributed by atoms with Crippen LogP contribution < -0.4 is 0 Å². The molecule has 24 heavy (non-hydrogen) atoms. The van der Waals surface area contributed by atoms with Crippen LogP contribution in [-0.4, -0.2) is 16.7 Å². The van der Waals surface area contributed by atoms with Crippen molar-refractivity contribution in [2.24, 2.45) is 0 Å². The molecule has 3 heteroatoms. The fraction of sp³-hybridized carbons (Fsp3) is 0.143. The van der Waals surface area contributed by atoms with Gasteiger partial charge in [-0.2, -0.15) is 0 Å². The Balaban J connectivity index is 2.06. The second kappa shape index (κ2) is 6.38. The second-order valence-electron chi connectivity index (χ2n) is 6.01. The number of ketones is 2. The van der Waals surface area contributed by atoms with Gasteiger partial charge in [-0.25, -0.2) is 0 Å². The van der Waals surface area contributed by atoms with E-state index in [0.29, 0.717) is 16.7 Å². The van der Waals surface area contributed by atoms with Gasteiger partial charge < -0.3 is 5.11 Å². The summed E-state index contributed by atoms with van der Waals surface area (Å²) in [5, 5.41) is 9.13. The van der Waals surface area contributed by atoms with E-state index in [-0.39, 0.29) is 18.2 Å². The van der Waals surface area contributed by atoms with Gasteiger partial charge in [-0.15, -0.1) is 0 Å². The van der Waals surface area contributed by atoms with E-state index in [1.54, 1.807) is 26.0 Å². The Morgan fingerprint density at radius 3 is 2.04 bits per heavy atom. The molecule has 0 aliphatic heterocycles. The van der Waals surface area contributed by atoms with Gasteiger partial charge in [-0.05, 0) is 71.6 Å². The van der Waals surface area contributed by atoms with Gasteiger partial charge in [0.2, 0.25) is 0 Å². The summed E-state index contributed by atoms with van der Waals surface area (Å²) in [6.45, 7) is 3.58. The van der Waals surface area contributed by atoms with Crippen LogP contribution in [0, 0.1) is 0 Å². The molecule has 0 radical (unpaired) electrons. The minimum absolute atomic E-state index is 0.0232. The molecule has 0 spiro atoms. The molecule has 0 unspecified atom stereocenters. The highest BCUT2D eigenvalue weighted by Crippen LogP contribution is 2.28. The van der Waals surface area contributed by atoms with Crippen molar-refractivity contribution in [2.45, 2.75) is 20.5 Å². The van der Waals surface area contributed by atoms with E-state index in [4.69, 9.17) is 5.11 Å². The Labute approximate surface area is 141 Å². The Kier molecular flexibility index (Phi) is 4.28. The summed E-state index contributed by atoms with van der Waals surface area (Å²) in [5.74, 6) is 0.00315. The van der Waals surface area contributed by atoms with Crippen LogP contribution in [0.5, 0.6) is 0 Å². The van der Waals surface area contributed by atoms with Crippen LogP contribution >= 0.6 is 0 Å². The molecule has 0 atom stereocenters. The summed E-state index contributed by atoms with van der Waals surface area (Å²) in [7, 11) is 0. The van der Waals surface area contributed by atoms with Crippen LogP contribution in [0.15, 0.2) is 76.9 Å². The molecular weight excluding hydrogens is 300 g/mol. The van der Waals surface area contributed by atoms with Crippen LogP contribution in [0.4, 0.5) is 0 Å². The van der Waals surface area contributed by atoms with E-state index in [2.05, 4.69) is 0 Å². The van der Waals surface area contributed by atoms with Gasteiger partial charge in [-0.1, -0.05) is 30.3 Å². The molecule has 1 aromatic rings. The van der Waals surface area contributed by atoms with Gasteiger partial charge in [0.25, 0.3) is 0 Å². The second-order valence-corrected chi connectivity index (χ2v) is 6.01. The minimum atomic E-state index is -0.0515. The first-order chi connectivity index (χ1) is 11.5. The molecule has 0 amide bonds. The average Bonchev–Trinajstić information content (AvgIpc) is 2.60. The number of Topliss-reactive ketones (excluding diaryl/α,β-unsaturated/α-hetero) is 1. The summed E-state index contributed by atoms with van der Waals surface area (Å²) in [6.07, 6.45) is 8.91. The molecule has 3 rings (SSSR count). The fourth-order valence-corrected chi connectivity index (χ4v) is 2.84. The molecule has 1 N–H and O–H groups in total. The van der Waals surface area contributed by atoms with Crippen molar-refractivity contribution >= 4 is 17.1 Å². The third-order valence-electron chi connectivity index (χ3n) is 4.22. The van der Waals surface area contributed by atoms with E-state index in [1.165, 1.54) is 0 Å². The zero-order chi connectivity index (χ0) is 17.3. The third-order valence-corrected chi connectivity index (χ3v) is 4.22. The maximum Gasteiger partial charge on any atom is 0.186 e. The zero-order valence-electron chi connectivity index (χ0n) is 13.7. The number of carbonyl (C=O) groups excluding carboxylic acids is 2. The monoisotopic (exact) mass is 318 g/mol. The molecular formula is C21H18O3. The maximum atomic E-state index is 12.2. The number of benzene rings is 1. The number of hydrogen-bond donors (Lipinski definition) is 1. The van der Waals surface area contributed by atoms with E-state index in [1.807, 2.05) is 42.5 Å². The average molecular weight is 318 g/mol. The third kappa shape index (κ3) is 2.99. The quantitative estimate of drug-likeness (QED) is 0.908. The molecule has 3 nitrogen and oxygen atoms in total. The predicted molar refractivity (Wildman–Crippen MR) is 94.0 cm³/mol. The van der Waals surface area contributed by atoms with Crippen molar-refractivity contribution in [1.82, 2.24) is 0 Å². The summed E-state index contributed by atoms with van der Waals surface area (Å²) in [5.41, 5.74) is 5.46.